The second kappa shape index (κ2) is 6.64. The van der Waals surface area contributed by atoms with E-state index in [0.717, 1.165) is 28.4 Å². The lowest BCUT2D eigenvalue weighted by Gasteiger charge is -2.22. The number of ether oxygens (including phenoxy) is 1. The number of anilines is 1. The number of amides is 1. The fourth-order valence-electron chi connectivity index (χ4n) is 3.54. The number of nitrogens with zero attached hydrogens (tertiary/aromatic N) is 1. The molecule has 0 N–H and O–H groups in total. The molecule has 0 radical (unpaired) electrons. The Balaban J connectivity index is 1.46. The zero-order chi connectivity index (χ0) is 18.1. The third-order valence-electron chi connectivity index (χ3n) is 4.79. The van der Waals surface area contributed by atoms with E-state index in [1.165, 1.54) is 0 Å². The van der Waals surface area contributed by atoms with Crippen LogP contribution in [0.3, 0.4) is 0 Å². The Morgan fingerprint density at radius 2 is 1.73 bits per heavy atom. The fourth-order valence-corrected chi connectivity index (χ4v) is 3.54. The Morgan fingerprint density at radius 3 is 2.58 bits per heavy atom. The number of hydrogen-bond donors (Lipinski definition) is 0. The van der Waals surface area contributed by atoms with Crippen LogP contribution in [0.5, 0.6) is 0 Å². The highest BCUT2D eigenvalue weighted by Gasteiger charge is 2.31. The summed E-state index contributed by atoms with van der Waals surface area (Å²) in [4.78, 5) is 26.7. The van der Waals surface area contributed by atoms with Crippen molar-refractivity contribution in [3.63, 3.8) is 0 Å². The van der Waals surface area contributed by atoms with Crippen LogP contribution >= 0.6 is 0 Å². The van der Waals surface area contributed by atoms with Crippen molar-refractivity contribution in [1.82, 2.24) is 0 Å². The van der Waals surface area contributed by atoms with E-state index < -0.39 is 5.97 Å². The van der Waals surface area contributed by atoms with Gasteiger partial charge in [-0.25, -0.2) is 4.79 Å². The van der Waals surface area contributed by atoms with Gasteiger partial charge in [0.25, 0.3) is 5.91 Å². The van der Waals surface area contributed by atoms with Crippen molar-refractivity contribution in [2.45, 2.75) is 19.4 Å². The Kier molecular flexibility index (Phi) is 4.17. The third-order valence-corrected chi connectivity index (χ3v) is 4.79. The van der Waals surface area contributed by atoms with Gasteiger partial charge in [0, 0.05) is 11.7 Å². The molecule has 0 unspecified atom stereocenters. The minimum atomic E-state index is -0.482. The summed E-state index contributed by atoms with van der Waals surface area (Å²) in [5, 5.41) is 2.03. The molecular formula is C22H19NO3. The van der Waals surface area contributed by atoms with Crippen molar-refractivity contribution in [3.05, 3.63) is 77.9 Å². The summed E-state index contributed by atoms with van der Waals surface area (Å²) in [5.74, 6) is -0.680. The average Bonchev–Trinajstić information content (AvgIpc) is 3.01. The van der Waals surface area contributed by atoms with Crippen LogP contribution in [-0.2, 0) is 16.0 Å². The lowest BCUT2D eigenvalue weighted by atomic mass is 10.1. The van der Waals surface area contributed by atoms with Crippen LogP contribution in [0, 0.1) is 0 Å². The Bertz CT molecular complexity index is 995. The van der Waals surface area contributed by atoms with Crippen molar-refractivity contribution in [1.29, 1.82) is 0 Å². The smallest absolute Gasteiger partial charge is 0.338 e. The molecule has 0 saturated carbocycles. The van der Waals surface area contributed by atoms with E-state index >= 15 is 0 Å². The van der Waals surface area contributed by atoms with E-state index in [4.69, 9.17) is 4.74 Å². The maximum atomic E-state index is 12.6. The van der Waals surface area contributed by atoms with E-state index in [1.54, 1.807) is 17.0 Å². The molecule has 3 aromatic rings. The van der Waals surface area contributed by atoms with Gasteiger partial charge in [0.05, 0.1) is 5.56 Å². The van der Waals surface area contributed by atoms with Crippen LogP contribution in [0.25, 0.3) is 10.8 Å². The van der Waals surface area contributed by atoms with Crippen molar-refractivity contribution < 1.29 is 14.3 Å². The summed E-state index contributed by atoms with van der Waals surface area (Å²) < 4.78 is 5.28. The average molecular weight is 345 g/mol. The molecule has 1 aliphatic rings. The summed E-state index contributed by atoms with van der Waals surface area (Å²) >= 11 is 0. The second-order valence-corrected chi connectivity index (χ2v) is 6.58. The molecule has 4 nitrogen and oxygen atoms in total. The van der Waals surface area contributed by atoms with Crippen molar-refractivity contribution in [3.8, 4) is 0 Å². The summed E-state index contributed by atoms with van der Waals surface area (Å²) in [6.07, 6.45) is 0.820. The topological polar surface area (TPSA) is 46.6 Å². The minimum absolute atomic E-state index is 0.0688. The number of hydrogen-bond acceptors (Lipinski definition) is 3. The number of fused-ring (bicyclic) bond motifs is 2. The molecule has 0 spiro atoms. The number of rotatable bonds is 3. The maximum Gasteiger partial charge on any atom is 0.338 e. The van der Waals surface area contributed by atoms with Gasteiger partial charge in [-0.15, -0.1) is 0 Å². The summed E-state index contributed by atoms with van der Waals surface area (Å²) in [5.41, 5.74) is 2.51. The van der Waals surface area contributed by atoms with Crippen molar-refractivity contribution in [2.24, 2.45) is 0 Å². The molecule has 4 rings (SSSR count). The summed E-state index contributed by atoms with van der Waals surface area (Å²) in [6.45, 7) is 1.74. The number of benzene rings is 3. The highest BCUT2D eigenvalue weighted by molar-refractivity contribution is 6.00. The van der Waals surface area contributed by atoms with E-state index in [9.17, 15) is 9.59 Å². The second-order valence-electron chi connectivity index (χ2n) is 6.58. The van der Waals surface area contributed by atoms with Gasteiger partial charge < -0.3 is 9.64 Å². The van der Waals surface area contributed by atoms with Gasteiger partial charge in [0.15, 0.2) is 6.61 Å². The first kappa shape index (κ1) is 16.3. The van der Waals surface area contributed by atoms with Gasteiger partial charge in [-0.1, -0.05) is 48.5 Å². The normalized spacial score (nSPS) is 15.7. The molecule has 1 amide bonds. The van der Waals surface area contributed by atoms with Crippen molar-refractivity contribution in [2.75, 3.05) is 11.5 Å². The Hall–Kier alpha value is -3.14. The number of para-hydroxylation sites is 1. The van der Waals surface area contributed by atoms with Gasteiger partial charge in [-0.2, -0.15) is 0 Å². The first-order valence-corrected chi connectivity index (χ1v) is 8.69. The highest BCUT2D eigenvalue weighted by Crippen LogP contribution is 2.31. The Morgan fingerprint density at radius 1 is 1.00 bits per heavy atom. The molecule has 130 valence electrons. The number of carbonyl (C=O) groups is 2. The molecular weight excluding hydrogens is 326 g/mol. The van der Waals surface area contributed by atoms with Gasteiger partial charge in [0.1, 0.15) is 0 Å². The van der Waals surface area contributed by atoms with Crippen LogP contribution < -0.4 is 4.90 Å². The monoisotopic (exact) mass is 345 g/mol. The maximum absolute atomic E-state index is 12.6. The summed E-state index contributed by atoms with van der Waals surface area (Å²) in [6, 6.07) is 21.1. The fraction of sp³-hybridized carbons (Fsp3) is 0.182. The standard InChI is InChI=1S/C22H19NO3/c1-15-12-18-8-4-5-9-20(18)23(15)21(24)14-26-22(25)19-11-10-16-6-2-3-7-17(16)13-19/h2-11,13,15H,12,14H2,1H3/t15-/m1/s1. The molecule has 0 saturated heterocycles. The largest absolute Gasteiger partial charge is 0.452 e. The Labute approximate surface area is 152 Å². The zero-order valence-corrected chi connectivity index (χ0v) is 14.5. The quantitative estimate of drug-likeness (QED) is 0.675. The van der Waals surface area contributed by atoms with Crippen molar-refractivity contribution >= 4 is 28.3 Å². The molecule has 0 fully saturated rings. The van der Waals surface area contributed by atoms with Crippen LogP contribution in [-0.4, -0.2) is 24.5 Å². The molecule has 0 bridgehead atoms. The number of carbonyl (C=O) groups excluding carboxylic acids is 2. The lowest BCUT2D eigenvalue weighted by molar-refractivity contribution is -0.122. The first-order chi connectivity index (χ1) is 12.6. The predicted molar refractivity (Wildman–Crippen MR) is 101 cm³/mol. The van der Waals surface area contributed by atoms with Crippen LogP contribution in [0.15, 0.2) is 66.7 Å². The molecule has 0 aromatic heterocycles. The highest BCUT2D eigenvalue weighted by atomic mass is 16.5. The van der Waals surface area contributed by atoms with Gasteiger partial charge >= 0.3 is 5.97 Å². The number of esters is 1. The summed E-state index contributed by atoms with van der Waals surface area (Å²) in [7, 11) is 0. The molecule has 1 aliphatic heterocycles. The van der Waals surface area contributed by atoms with Gasteiger partial charge in [0.2, 0.25) is 0 Å². The molecule has 1 atom stereocenters. The SMILES string of the molecule is C[C@@H]1Cc2ccccc2N1C(=O)COC(=O)c1ccc2ccccc2c1. The molecule has 0 aliphatic carbocycles. The molecule has 1 heterocycles. The predicted octanol–water partition coefficient (Wildman–Crippen LogP) is 3.97. The zero-order valence-electron chi connectivity index (χ0n) is 14.5. The van der Waals surface area contributed by atoms with Gasteiger partial charge in [-0.3, -0.25) is 4.79 Å². The van der Waals surface area contributed by atoms with E-state index in [0.29, 0.717) is 5.56 Å². The van der Waals surface area contributed by atoms with E-state index in [1.807, 2.05) is 61.5 Å². The third kappa shape index (κ3) is 2.94. The molecule has 3 aromatic carbocycles. The minimum Gasteiger partial charge on any atom is -0.452 e. The van der Waals surface area contributed by atoms with E-state index in [2.05, 4.69) is 0 Å². The van der Waals surface area contributed by atoms with E-state index in [-0.39, 0.29) is 18.6 Å². The lowest BCUT2D eigenvalue weighted by Crippen LogP contribution is -2.38. The van der Waals surface area contributed by atoms with Crippen LogP contribution in [0.2, 0.25) is 0 Å². The van der Waals surface area contributed by atoms with Crippen LogP contribution in [0.1, 0.15) is 22.8 Å². The van der Waals surface area contributed by atoms with Crippen LogP contribution in [0.4, 0.5) is 5.69 Å². The first-order valence-electron chi connectivity index (χ1n) is 8.69. The molecule has 26 heavy (non-hydrogen) atoms. The molecule has 4 heteroatoms. The van der Waals surface area contributed by atoms with Gasteiger partial charge in [-0.05, 0) is 47.9 Å².